The van der Waals surface area contributed by atoms with E-state index in [0.29, 0.717) is 22.4 Å². The van der Waals surface area contributed by atoms with Crippen molar-refractivity contribution in [1.82, 2.24) is 0 Å². The van der Waals surface area contributed by atoms with Gasteiger partial charge in [-0.05, 0) is 47.3 Å². The Morgan fingerprint density at radius 1 is 1.00 bits per heavy atom. The van der Waals surface area contributed by atoms with Crippen LogP contribution >= 0.6 is 11.3 Å². The minimum absolute atomic E-state index is 0. The Morgan fingerprint density at radius 3 is 2.34 bits per heavy atom. The fourth-order valence-electron chi connectivity index (χ4n) is 5.38. The molecule has 11 heteroatoms. The third kappa shape index (κ3) is 5.94. The zero-order valence-corrected chi connectivity index (χ0v) is 22.6. The largest absolute Gasteiger partial charge is 1.00 e. The smallest absolute Gasteiger partial charge is 0.415 e. The van der Waals surface area contributed by atoms with Gasteiger partial charge in [0.05, 0.1) is 30.2 Å². The normalized spacial score (nSPS) is 22.0. The summed E-state index contributed by atoms with van der Waals surface area (Å²) in [5, 5.41) is 1.86. The van der Waals surface area contributed by atoms with Gasteiger partial charge < -0.3 is 26.2 Å². The van der Waals surface area contributed by atoms with Crippen LogP contribution in [0.25, 0.3) is 0 Å². The van der Waals surface area contributed by atoms with Crippen LogP contribution in [0, 0.1) is 29.2 Å². The average Bonchev–Trinajstić information content (AvgIpc) is 3.41. The second-order valence-electron chi connectivity index (χ2n) is 9.73. The molecule has 202 valence electrons. The maximum absolute atomic E-state index is 14.0. The number of Topliss-reactive ketones (excluding diaryl/α,β-unsaturated/α-hetero) is 1. The fraction of sp³-hybridized carbons (Fsp3) is 0.333. The van der Waals surface area contributed by atoms with Crippen LogP contribution in [0.15, 0.2) is 53.9 Å². The number of hydrogen-bond acceptors (Lipinski definition) is 4. The number of benzene rings is 2. The Kier molecular flexibility index (Phi) is 8.59. The molecule has 0 N–H and O–H groups in total. The first-order valence-electron chi connectivity index (χ1n) is 12.0. The predicted octanol–water partition coefficient (Wildman–Crippen LogP) is 2.94. The summed E-state index contributed by atoms with van der Waals surface area (Å²) in [4.78, 5) is 28.0. The van der Waals surface area contributed by atoms with E-state index in [-0.39, 0.29) is 46.5 Å². The Hall–Kier alpha value is -2.76. The SMILES string of the molecule is O=C(C[N+]12CCC(CC1)[C@H](OC(=O)N(Cc1cc(F)c(F)c(F)c1)c1cccc(F)c1)C2)c1cccs1.[Br-]. The average molecular weight is 613 g/mol. The lowest BCUT2D eigenvalue weighted by molar-refractivity contribution is -0.938. The second kappa shape index (κ2) is 11.5. The number of halogens is 5. The van der Waals surface area contributed by atoms with Gasteiger partial charge in [-0.1, -0.05) is 12.1 Å². The summed E-state index contributed by atoms with van der Waals surface area (Å²) >= 11 is 1.40. The predicted molar refractivity (Wildman–Crippen MR) is 130 cm³/mol. The summed E-state index contributed by atoms with van der Waals surface area (Å²) < 4.78 is 61.6. The lowest BCUT2D eigenvalue weighted by Gasteiger charge is -2.51. The molecule has 2 aromatic carbocycles. The van der Waals surface area contributed by atoms with Crippen LogP contribution in [0.4, 0.5) is 28.0 Å². The second-order valence-corrected chi connectivity index (χ2v) is 10.7. The van der Waals surface area contributed by atoms with Gasteiger partial charge in [0.25, 0.3) is 0 Å². The highest BCUT2D eigenvalue weighted by Gasteiger charge is 2.49. The van der Waals surface area contributed by atoms with Crippen molar-refractivity contribution < 1.29 is 53.4 Å². The van der Waals surface area contributed by atoms with E-state index < -0.39 is 35.5 Å². The van der Waals surface area contributed by atoms with Crippen LogP contribution in [0.5, 0.6) is 0 Å². The molecule has 0 radical (unpaired) electrons. The molecule has 1 atom stereocenters. The molecular formula is C27H25BrF4N2O3S. The van der Waals surface area contributed by atoms with Crippen LogP contribution < -0.4 is 21.9 Å². The summed E-state index contributed by atoms with van der Waals surface area (Å²) in [6, 6.07) is 10.4. The minimum atomic E-state index is -1.61. The number of amides is 1. The van der Waals surface area contributed by atoms with Gasteiger partial charge in [-0.25, -0.2) is 22.4 Å². The molecular weight excluding hydrogens is 588 g/mol. The summed E-state index contributed by atoms with van der Waals surface area (Å²) in [5.41, 5.74) is 0.116. The third-order valence-corrected chi connectivity index (χ3v) is 8.20. The van der Waals surface area contributed by atoms with E-state index in [1.807, 2.05) is 11.4 Å². The first-order chi connectivity index (χ1) is 17.7. The maximum Gasteiger partial charge on any atom is 0.415 e. The molecule has 3 aliphatic rings. The monoisotopic (exact) mass is 612 g/mol. The molecule has 0 unspecified atom stereocenters. The van der Waals surface area contributed by atoms with Crippen molar-refractivity contribution in [3.05, 3.63) is 87.6 Å². The molecule has 0 aliphatic carbocycles. The Bertz CT molecular complexity index is 1290. The van der Waals surface area contributed by atoms with Crippen molar-refractivity contribution in [2.24, 2.45) is 5.92 Å². The van der Waals surface area contributed by atoms with E-state index in [1.165, 1.54) is 29.5 Å². The molecule has 1 aromatic heterocycles. The van der Waals surface area contributed by atoms with Crippen LogP contribution in [-0.2, 0) is 11.3 Å². The molecule has 0 saturated carbocycles. The zero-order chi connectivity index (χ0) is 26.2. The number of ether oxygens (including phenoxy) is 1. The minimum Gasteiger partial charge on any atom is -1.00 e. The third-order valence-electron chi connectivity index (χ3n) is 7.29. The number of nitrogens with zero attached hydrogens (tertiary/aromatic N) is 2. The van der Waals surface area contributed by atoms with Crippen LogP contribution in [-0.4, -0.2) is 48.6 Å². The van der Waals surface area contributed by atoms with Gasteiger partial charge >= 0.3 is 6.09 Å². The van der Waals surface area contributed by atoms with Gasteiger partial charge in [0, 0.05) is 18.8 Å². The van der Waals surface area contributed by atoms with E-state index in [4.69, 9.17) is 4.74 Å². The van der Waals surface area contributed by atoms with Crippen molar-refractivity contribution in [2.75, 3.05) is 31.1 Å². The first kappa shape index (κ1) is 28.3. The number of hydrogen-bond donors (Lipinski definition) is 0. The molecule has 6 rings (SSSR count). The van der Waals surface area contributed by atoms with Crippen LogP contribution in [0.2, 0.25) is 0 Å². The Labute approximate surface area is 232 Å². The van der Waals surface area contributed by atoms with Gasteiger partial charge in [-0.3, -0.25) is 9.69 Å². The number of carbonyl (C=O) groups excluding carboxylic acids is 2. The van der Waals surface area contributed by atoms with Crippen molar-refractivity contribution in [3.63, 3.8) is 0 Å². The summed E-state index contributed by atoms with van der Waals surface area (Å²) in [6.45, 7) is 2.08. The highest BCUT2D eigenvalue weighted by molar-refractivity contribution is 7.12. The van der Waals surface area contributed by atoms with Gasteiger partial charge in [-0.15, -0.1) is 11.3 Å². The van der Waals surface area contributed by atoms with Gasteiger partial charge in [0.2, 0.25) is 5.78 Å². The van der Waals surface area contributed by atoms with Crippen molar-refractivity contribution in [3.8, 4) is 0 Å². The van der Waals surface area contributed by atoms with Crippen LogP contribution in [0.3, 0.4) is 0 Å². The van der Waals surface area contributed by atoms with Gasteiger partial charge in [0.15, 0.2) is 23.6 Å². The number of thiophene rings is 1. The van der Waals surface area contributed by atoms with Crippen molar-refractivity contribution >= 4 is 28.9 Å². The van der Waals surface area contributed by atoms with E-state index in [1.54, 1.807) is 6.07 Å². The number of carbonyl (C=O) groups is 2. The topological polar surface area (TPSA) is 46.6 Å². The summed E-state index contributed by atoms with van der Waals surface area (Å²) in [6.07, 6.45) is 0.315. The standard InChI is InChI=1S/C27H25F4N2O3S.BrH/c28-19-3-1-4-20(13-19)32(14-17-11-21(29)26(31)22(30)12-17)27(35)36-24-16-33(8-6-18(24)7-9-33)15-23(34)25-5-2-10-37-25;/h1-5,10-13,18,24H,6-9,14-16H2;1H/q+1;/p-1/t18?,24-,33?;/m1./s1. The molecule has 2 bridgehead atoms. The lowest BCUT2D eigenvalue weighted by atomic mass is 9.83. The summed E-state index contributed by atoms with van der Waals surface area (Å²) in [5.74, 6) is -4.81. The summed E-state index contributed by atoms with van der Waals surface area (Å²) in [7, 11) is 0. The Balaban J connectivity index is 0.00000336. The molecule has 3 fully saturated rings. The zero-order valence-electron chi connectivity index (χ0n) is 20.2. The number of rotatable bonds is 7. The molecule has 5 nitrogen and oxygen atoms in total. The molecule has 4 heterocycles. The molecule has 0 spiro atoms. The highest BCUT2D eigenvalue weighted by atomic mass is 79.9. The number of fused-ring (bicyclic) bond motifs is 3. The van der Waals surface area contributed by atoms with E-state index in [9.17, 15) is 27.2 Å². The number of ketones is 1. The van der Waals surface area contributed by atoms with Crippen molar-refractivity contribution in [1.29, 1.82) is 0 Å². The van der Waals surface area contributed by atoms with Gasteiger partial charge in [-0.2, -0.15) is 0 Å². The fourth-order valence-corrected chi connectivity index (χ4v) is 6.03. The molecule has 38 heavy (non-hydrogen) atoms. The number of anilines is 1. The number of quaternary nitrogens is 1. The van der Waals surface area contributed by atoms with Gasteiger partial charge in [0.1, 0.15) is 18.9 Å². The molecule has 3 saturated heterocycles. The molecule has 3 aliphatic heterocycles. The highest BCUT2D eigenvalue weighted by Crippen LogP contribution is 2.36. The van der Waals surface area contributed by atoms with E-state index in [0.717, 1.165) is 49.0 Å². The molecule has 1 amide bonds. The maximum atomic E-state index is 14.0. The Morgan fingerprint density at radius 2 is 1.71 bits per heavy atom. The van der Waals surface area contributed by atoms with E-state index >= 15 is 0 Å². The molecule has 3 aromatic rings. The quantitative estimate of drug-likeness (QED) is 0.178. The van der Waals surface area contributed by atoms with E-state index in [2.05, 4.69) is 0 Å². The lowest BCUT2D eigenvalue weighted by Crippen LogP contribution is -3.00. The number of piperidine rings is 3. The first-order valence-corrected chi connectivity index (χ1v) is 12.9. The van der Waals surface area contributed by atoms with Crippen molar-refractivity contribution in [2.45, 2.75) is 25.5 Å². The van der Waals surface area contributed by atoms with Crippen LogP contribution in [0.1, 0.15) is 28.1 Å².